The first kappa shape index (κ1) is 16.8. The van der Waals surface area contributed by atoms with E-state index < -0.39 is 0 Å². The summed E-state index contributed by atoms with van der Waals surface area (Å²) in [6, 6.07) is 0.544. The van der Waals surface area contributed by atoms with Crippen LogP contribution in [0.1, 0.15) is 90.4 Å². The van der Waals surface area contributed by atoms with Crippen LogP contribution in [0.2, 0.25) is 0 Å². The summed E-state index contributed by atoms with van der Waals surface area (Å²) in [4.78, 5) is 26.1. The fourth-order valence-corrected chi connectivity index (χ4v) is 4.66. The Bertz CT molecular complexity index is 389. The van der Waals surface area contributed by atoms with Crippen LogP contribution >= 0.6 is 0 Å². The number of nitrogens with zero attached hydrogens (tertiary/aromatic N) is 2. The summed E-state index contributed by atoms with van der Waals surface area (Å²) in [6.07, 6.45) is 14.4. The Balaban J connectivity index is 1.81. The molecule has 0 unspecified atom stereocenters. The molecule has 4 nitrogen and oxygen atoms in total. The maximum atomic E-state index is 13.0. The van der Waals surface area contributed by atoms with Crippen LogP contribution in [-0.2, 0) is 9.59 Å². The Kier molecular flexibility index (Phi) is 5.60. The molecule has 2 saturated carbocycles. The fraction of sp³-hybridized carbons (Fsp3) is 0.895. The predicted molar refractivity (Wildman–Crippen MR) is 90.5 cm³/mol. The van der Waals surface area contributed by atoms with Gasteiger partial charge in [0, 0.05) is 0 Å². The average Bonchev–Trinajstić information content (AvgIpc) is 2.85. The molecule has 0 aromatic heterocycles. The zero-order valence-electron chi connectivity index (χ0n) is 14.6. The number of hydrazine groups is 1. The number of amides is 2. The van der Waals surface area contributed by atoms with E-state index in [2.05, 4.69) is 6.92 Å². The second kappa shape index (κ2) is 7.67. The first-order chi connectivity index (χ1) is 11.2. The highest BCUT2D eigenvalue weighted by atomic mass is 16.2. The molecule has 1 heterocycles. The van der Waals surface area contributed by atoms with Crippen LogP contribution < -0.4 is 0 Å². The van der Waals surface area contributed by atoms with Crippen LogP contribution in [0.5, 0.6) is 0 Å². The van der Waals surface area contributed by atoms with Crippen LogP contribution in [0.15, 0.2) is 0 Å². The van der Waals surface area contributed by atoms with Gasteiger partial charge in [0.15, 0.2) is 0 Å². The highest BCUT2D eigenvalue weighted by Gasteiger charge is 2.50. The van der Waals surface area contributed by atoms with Gasteiger partial charge in [0.25, 0.3) is 11.8 Å². The first-order valence-corrected chi connectivity index (χ1v) is 9.90. The molecule has 0 aromatic rings. The molecule has 0 radical (unpaired) electrons. The van der Waals surface area contributed by atoms with Gasteiger partial charge < -0.3 is 0 Å². The molecule has 0 N–H and O–H groups in total. The number of unbranched alkanes of at least 4 members (excludes halogenated alkanes) is 1. The Morgan fingerprint density at radius 2 is 1.22 bits per heavy atom. The maximum Gasteiger partial charge on any atom is 0.254 e. The standard InChI is InChI=1S/C19H32N2O2/c1-2-3-14-17-18(22)20(15-10-6-4-7-11-15)21(19(17)23)16-12-8-5-9-13-16/h15-17H,2-14H2,1H3. The summed E-state index contributed by atoms with van der Waals surface area (Å²) in [6.45, 7) is 2.13. The van der Waals surface area contributed by atoms with Crippen molar-refractivity contribution in [1.82, 2.24) is 10.0 Å². The topological polar surface area (TPSA) is 40.6 Å². The zero-order valence-corrected chi connectivity index (χ0v) is 14.6. The highest BCUT2D eigenvalue weighted by molar-refractivity contribution is 6.05. The number of rotatable bonds is 5. The van der Waals surface area contributed by atoms with E-state index in [9.17, 15) is 9.59 Å². The van der Waals surface area contributed by atoms with Gasteiger partial charge in [-0.3, -0.25) is 9.59 Å². The molecule has 0 atom stereocenters. The van der Waals surface area contributed by atoms with Crippen molar-refractivity contribution in [3.05, 3.63) is 0 Å². The lowest BCUT2D eigenvalue weighted by atomic mass is 9.93. The monoisotopic (exact) mass is 320 g/mol. The number of carbonyl (C=O) groups excluding carboxylic acids is 2. The quantitative estimate of drug-likeness (QED) is 0.717. The van der Waals surface area contributed by atoms with E-state index in [1.54, 1.807) is 0 Å². The van der Waals surface area contributed by atoms with Gasteiger partial charge in [0.05, 0.1) is 12.1 Å². The summed E-state index contributed by atoms with van der Waals surface area (Å²) in [5, 5.41) is 3.88. The molecule has 2 aliphatic carbocycles. The van der Waals surface area contributed by atoms with Crippen LogP contribution in [0.3, 0.4) is 0 Å². The molecule has 3 aliphatic rings. The lowest BCUT2D eigenvalue weighted by molar-refractivity contribution is -0.160. The summed E-state index contributed by atoms with van der Waals surface area (Å²) in [7, 11) is 0. The molecule has 0 spiro atoms. The van der Waals surface area contributed by atoms with E-state index in [1.165, 1.54) is 38.5 Å². The number of hydrogen-bond donors (Lipinski definition) is 0. The lowest BCUT2D eigenvalue weighted by Crippen LogP contribution is -2.53. The molecule has 2 amide bonds. The van der Waals surface area contributed by atoms with Crippen molar-refractivity contribution in [1.29, 1.82) is 0 Å². The number of hydrogen-bond acceptors (Lipinski definition) is 2. The van der Waals surface area contributed by atoms with Crippen molar-refractivity contribution >= 4 is 11.8 Å². The third kappa shape index (κ3) is 3.41. The summed E-state index contributed by atoms with van der Waals surface area (Å²) in [5.41, 5.74) is 0. The van der Waals surface area contributed by atoms with E-state index in [0.717, 1.165) is 44.9 Å². The van der Waals surface area contributed by atoms with E-state index in [1.807, 2.05) is 10.0 Å². The molecule has 3 rings (SSSR count). The van der Waals surface area contributed by atoms with Gasteiger partial charge in [0.2, 0.25) is 0 Å². The molecular weight excluding hydrogens is 288 g/mol. The Morgan fingerprint density at radius 1 is 0.783 bits per heavy atom. The minimum atomic E-state index is -0.390. The Hall–Kier alpha value is -1.06. The van der Waals surface area contributed by atoms with Crippen molar-refractivity contribution < 1.29 is 9.59 Å². The summed E-state index contributed by atoms with van der Waals surface area (Å²) in [5.74, 6) is -0.166. The predicted octanol–water partition coefficient (Wildman–Crippen LogP) is 4.04. The fourth-order valence-electron chi connectivity index (χ4n) is 4.66. The van der Waals surface area contributed by atoms with Gasteiger partial charge in [-0.25, -0.2) is 10.0 Å². The summed E-state index contributed by atoms with van der Waals surface area (Å²) >= 11 is 0. The van der Waals surface area contributed by atoms with Crippen molar-refractivity contribution in [3.8, 4) is 0 Å². The smallest absolute Gasteiger partial charge is 0.254 e. The summed E-state index contributed by atoms with van der Waals surface area (Å²) < 4.78 is 0. The molecule has 4 heteroatoms. The largest absolute Gasteiger partial charge is 0.272 e. The van der Waals surface area contributed by atoms with Gasteiger partial charge in [-0.15, -0.1) is 0 Å². The van der Waals surface area contributed by atoms with Gasteiger partial charge in [-0.05, 0) is 32.1 Å². The third-order valence-corrected chi connectivity index (χ3v) is 5.97. The molecule has 130 valence electrons. The first-order valence-electron chi connectivity index (χ1n) is 9.90. The second-order valence-electron chi connectivity index (χ2n) is 7.64. The molecule has 23 heavy (non-hydrogen) atoms. The highest BCUT2D eigenvalue weighted by Crippen LogP contribution is 2.36. The van der Waals surface area contributed by atoms with Crippen LogP contribution in [-0.4, -0.2) is 33.9 Å². The van der Waals surface area contributed by atoms with Crippen molar-refractivity contribution in [2.24, 2.45) is 5.92 Å². The van der Waals surface area contributed by atoms with Crippen molar-refractivity contribution in [2.75, 3.05) is 0 Å². The van der Waals surface area contributed by atoms with Gasteiger partial charge >= 0.3 is 0 Å². The number of carbonyl (C=O) groups is 2. The minimum absolute atomic E-state index is 0.112. The molecule has 0 aromatic carbocycles. The molecule has 1 aliphatic heterocycles. The zero-order chi connectivity index (χ0) is 16.2. The second-order valence-corrected chi connectivity index (χ2v) is 7.64. The minimum Gasteiger partial charge on any atom is -0.272 e. The van der Waals surface area contributed by atoms with E-state index >= 15 is 0 Å². The van der Waals surface area contributed by atoms with Crippen molar-refractivity contribution in [2.45, 2.75) is 102 Å². The lowest BCUT2D eigenvalue weighted by Gasteiger charge is -2.42. The Morgan fingerprint density at radius 3 is 1.61 bits per heavy atom. The van der Waals surface area contributed by atoms with Gasteiger partial charge in [-0.2, -0.15) is 0 Å². The van der Waals surface area contributed by atoms with Crippen molar-refractivity contribution in [3.63, 3.8) is 0 Å². The molecule has 3 fully saturated rings. The normalized spacial score (nSPS) is 25.6. The average molecular weight is 320 g/mol. The van der Waals surface area contributed by atoms with Gasteiger partial charge in [0.1, 0.15) is 5.92 Å². The van der Waals surface area contributed by atoms with Crippen LogP contribution in [0, 0.1) is 5.92 Å². The third-order valence-electron chi connectivity index (χ3n) is 5.97. The Labute approximate surface area is 140 Å². The van der Waals surface area contributed by atoms with Crippen LogP contribution in [0.4, 0.5) is 0 Å². The molecular formula is C19H32N2O2. The van der Waals surface area contributed by atoms with Crippen LogP contribution in [0.25, 0.3) is 0 Å². The van der Waals surface area contributed by atoms with E-state index in [0.29, 0.717) is 0 Å². The molecule has 0 bridgehead atoms. The maximum absolute atomic E-state index is 13.0. The van der Waals surface area contributed by atoms with E-state index in [4.69, 9.17) is 0 Å². The SMILES string of the molecule is CCCCC1C(=O)N(C2CCCCC2)N(C2CCCCC2)C1=O. The van der Waals surface area contributed by atoms with E-state index in [-0.39, 0.29) is 29.8 Å². The molecule has 1 saturated heterocycles. The van der Waals surface area contributed by atoms with Gasteiger partial charge in [-0.1, -0.05) is 58.3 Å².